The SMILES string of the molecule is COc1ccc(/C=N\NC(=O)CNC(=O)c2cccc([N+](=O)[O-])c2C)cc1OC. The molecule has 0 saturated carbocycles. The molecule has 0 aromatic heterocycles. The van der Waals surface area contributed by atoms with Gasteiger partial charge in [0.2, 0.25) is 0 Å². The molecule has 0 aliphatic heterocycles. The van der Waals surface area contributed by atoms with Crippen LogP contribution < -0.4 is 20.2 Å². The van der Waals surface area contributed by atoms with E-state index in [-0.39, 0.29) is 23.4 Å². The number of nitro benzene ring substituents is 1. The zero-order chi connectivity index (χ0) is 21.4. The minimum atomic E-state index is -0.592. The van der Waals surface area contributed by atoms with E-state index < -0.39 is 16.7 Å². The maximum Gasteiger partial charge on any atom is 0.273 e. The minimum Gasteiger partial charge on any atom is -0.493 e. The number of hydrogen-bond acceptors (Lipinski definition) is 7. The summed E-state index contributed by atoms with van der Waals surface area (Å²) >= 11 is 0. The molecule has 0 bridgehead atoms. The number of hydrogen-bond donors (Lipinski definition) is 2. The van der Waals surface area contributed by atoms with E-state index in [0.717, 1.165) is 0 Å². The zero-order valence-corrected chi connectivity index (χ0v) is 16.1. The van der Waals surface area contributed by atoms with Crippen molar-refractivity contribution in [1.82, 2.24) is 10.7 Å². The fourth-order valence-electron chi connectivity index (χ4n) is 2.47. The molecule has 29 heavy (non-hydrogen) atoms. The van der Waals surface area contributed by atoms with E-state index in [1.807, 2.05) is 0 Å². The van der Waals surface area contributed by atoms with Crippen LogP contribution in [-0.4, -0.2) is 43.7 Å². The Hall–Kier alpha value is -3.95. The molecule has 0 spiro atoms. The van der Waals surface area contributed by atoms with Crippen molar-refractivity contribution < 1.29 is 24.0 Å². The maximum absolute atomic E-state index is 12.2. The summed E-state index contributed by atoms with van der Waals surface area (Å²) in [5, 5.41) is 17.2. The van der Waals surface area contributed by atoms with Gasteiger partial charge in [-0.05, 0) is 36.8 Å². The molecule has 0 heterocycles. The summed E-state index contributed by atoms with van der Waals surface area (Å²) in [4.78, 5) is 34.4. The Morgan fingerprint density at radius 2 is 1.90 bits per heavy atom. The lowest BCUT2D eigenvalue weighted by Crippen LogP contribution is -2.35. The molecule has 2 aromatic carbocycles. The summed E-state index contributed by atoms with van der Waals surface area (Å²) in [6, 6.07) is 9.27. The van der Waals surface area contributed by atoms with Crippen molar-refractivity contribution in [2.75, 3.05) is 20.8 Å². The highest BCUT2D eigenvalue weighted by Crippen LogP contribution is 2.26. The van der Waals surface area contributed by atoms with Crippen LogP contribution in [0.5, 0.6) is 11.5 Å². The van der Waals surface area contributed by atoms with Gasteiger partial charge in [-0.3, -0.25) is 19.7 Å². The lowest BCUT2D eigenvalue weighted by atomic mass is 10.1. The fraction of sp³-hybridized carbons (Fsp3) is 0.211. The van der Waals surface area contributed by atoms with Crippen LogP contribution in [0.15, 0.2) is 41.5 Å². The molecule has 2 amide bonds. The topological polar surface area (TPSA) is 132 Å². The van der Waals surface area contributed by atoms with Gasteiger partial charge in [0.15, 0.2) is 11.5 Å². The number of benzene rings is 2. The lowest BCUT2D eigenvalue weighted by Gasteiger charge is -2.08. The number of methoxy groups -OCH3 is 2. The highest BCUT2D eigenvalue weighted by molar-refractivity contribution is 5.98. The van der Waals surface area contributed by atoms with Gasteiger partial charge in [0.05, 0.1) is 31.9 Å². The Balaban J connectivity index is 1.92. The number of nitrogens with one attached hydrogen (secondary N) is 2. The van der Waals surface area contributed by atoms with E-state index in [1.165, 1.54) is 45.6 Å². The summed E-state index contributed by atoms with van der Waals surface area (Å²) < 4.78 is 10.3. The van der Waals surface area contributed by atoms with Crippen LogP contribution in [0.2, 0.25) is 0 Å². The van der Waals surface area contributed by atoms with E-state index in [2.05, 4.69) is 15.8 Å². The van der Waals surface area contributed by atoms with Gasteiger partial charge in [-0.1, -0.05) is 6.07 Å². The number of nitrogens with zero attached hydrogens (tertiary/aromatic N) is 2. The molecule has 10 nitrogen and oxygen atoms in total. The Morgan fingerprint density at radius 1 is 1.17 bits per heavy atom. The molecule has 2 rings (SSSR count). The number of nitro groups is 1. The first-order chi connectivity index (χ1) is 13.9. The Kier molecular flexibility index (Phi) is 7.24. The molecule has 0 radical (unpaired) electrons. The van der Waals surface area contributed by atoms with Crippen molar-refractivity contribution in [2.45, 2.75) is 6.92 Å². The average Bonchev–Trinajstić information content (AvgIpc) is 2.71. The van der Waals surface area contributed by atoms with Crippen molar-refractivity contribution in [1.29, 1.82) is 0 Å². The summed E-state index contributed by atoms with van der Waals surface area (Å²) in [5.41, 5.74) is 3.13. The second-order valence-electron chi connectivity index (χ2n) is 5.80. The van der Waals surface area contributed by atoms with Crippen molar-refractivity contribution >= 4 is 23.7 Å². The summed E-state index contributed by atoms with van der Waals surface area (Å²) in [7, 11) is 3.03. The third-order valence-electron chi connectivity index (χ3n) is 3.97. The van der Waals surface area contributed by atoms with Gasteiger partial charge in [-0.15, -0.1) is 0 Å². The molecule has 2 N–H and O–H groups in total. The highest BCUT2D eigenvalue weighted by Gasteiger charge is 2.18. The van der Waals surface area contributed by atoms with Crippen LogP contribution in [0.25, 0.3) is 0 Å². The van der Waals surface area contributed by atoms with E-state index in [0.29, 0.717) is 17.1 Å². The van der Waals surface area contributed by atoms with E-state index in [4.69, 9.17) is 9.47 Å². The zero-order valence-electron chi connectivity index (χ0n) is 16.1. The Bertz CT molecular complexity index is 958. The molecule has 0 aliphatic rings. The van der Waals surface area contributed by atoms with E-state index in [1.54, 1.807) is 18.2 Å². The van der Waals surface area contributed by atoms with Crippen LogP contribution >= 0.6 is 0 Å². The maximum atomic E-state index is 12.2. The first-order valence-corrected chi connectivity index (χ1v) is 8.43. The van der Waals surface area contributed by atoms with E-state index >= 15 is 0 Å². The largest absolute Gasteiger partial charge is 0.493 e. The predicted molar refractivity (Wildman–Crippen MR) is 105 cm³/mol. The third-order valence-corrected chi connectivity index (χ3v) is 3.97. The van der Waals surface area contributed by atoms with E-state index in [9.17, 15) is 19.7 Å². The van der Waals surface area contributed by atoms with Gasteiger partial charge < -0.3 is 14.8 Å². The molecule has 0 saturated heterocycles. The van der Waals surface area contributed by atoms with Crippen LogP contribution in [0.1, 0.15) is 21.5 Å². The van der Waals surface area contributed by atoms with Crippen molar-refractivity contribution in [3.05, 3.63) is 63.2 Å². The Labute approximate surface area is 166 Å². The molecule has 0 aliphatic carbocycles. The molecular formula is C19H20N4O6. The summed E-state index contributed by atoms with van der Waals surface area (Å²) in [5.74, 6) is -0.0708. The quantitative estimate of drug-likeness (QED) is 0.394. The number of carbonyl (C=O) groups excluding carboxylic acids is 2. The number of amides is 2. The first kappa shape index (κ1) is 21.4. The minimum absolute atomic E-state index is 0.126. The summed E-state index contributed by atoms with van der Waals surface area (Å²) in [6.07, 6.45) is 1.41. The number of carbonyl (C=O) groups is 2. The van der Waals surface area contributed by atoms with Gasteiger partial charge in [0, 0.05) is 17.2 Å². The van der Waals surface area contributed by atoms with Gasteiger partial charge >= 0.3 is 0 Å². The molecule has 0 fully saturated rings. The van der Waals surface area contributed by atoms with Crippen LogP contribution in [-0.2, 0) is 4.79 Å². The number of ether oxygens (including phenoxy) is 2. The molecule has 0 atom stereocenters. The standard InChI is InChI=1S/C19H20N4O6/c1-12-14(5-4-6-15(12)23(26)27)19(25)20-11-18(24)22-21-10-13-7-8-16(28-2)17(9-13)29-3/h4-10H,11H2,1-3H3,(H,20,25)(H,22,24)/b21-10-. The second kappa shape index (κ2) is 9.83. The predicted octanol–water partition coefficient (Wildman–Crippen LogP) is 1.80. The molecular weight excluding hydrogens is 380 g/mol. The number of rotatable bonds is 8. The highest BCUT2D eigenvalue weighted by atomic mass is 16.6. The smallest absolute Gasteiger partial charge is 0.273 e. The van der Waals surface area contributed by atoms with Crippen LogP contribution in [0, 0.1) is 17.0 Å². The van der Waals surface area contributed by atoms with Gasteiger partial charge in [-0.25, -0.2) is 5.43 Å². The molecule has 10 heteroatoms. The summed E-state index contributed by atoms with van der Waals surface area (Å²) in [6.45, 7) is 1.13. The fourth-order valence-corrected chi connectivity index (χ4v) is 2.47. The van der Waals surface area contributed by atoms with Crippen LogP contribution in [0.4, 0.5) is 5.69 Å². The van der Waals surface area contributed by atoms with Gasteiger partial charge in [0.25, 0.3) is 17.5 Å². The average molecular weight is 400 g/mol. The van der Waals surface area contributed by atoms with Crippen LogP contribution in [0.3, 0.4) is 0 Å². The second-order valence-corrected chi connectivity index (χ2v) is 5.80. The van der Waals surface area contributed by atoms with Gasteiger partial charge in [-0.2, -0.15) is 5.10 Å². The van der Waals surface area contributed by atoms with Crippen molar-refractivity contribution in [3.8, 4) is 11.5 Å². The monoisotopic (exact) mass is 400 g/mol. The Morgan fingerprint density at radius 3 is 2.55 bits per heavy atom. The van der Waals surface area contributed by atoms with Crippen molar-refractivity contribution in [2.24, 2.45) is 5.10 Å². The van der Waals surface area contributed by atoms with Gasteiger partial charge in [0.1, 0.15) is 0 Å². The lowest BCUT2D eigenvalue weighted by molar-refractivity contribution is -0.385. The number of hydrazone groups is 1. The molecule has 152 valence electrons. The normalized spacial score (nSPS) is 10.4. The molecule has 0 unspecified atom stereocenters. The first-order valence-electron chi connectivity index (χ1n) is 8.43. The van der Waals surface area contributed by atoms with Crippen molar-refractivity contribution in [3.63, 3.8) is 0 Å². The molecule has 2 aromatic rings. The third kappa shape index (κ3) is 5.51.